The van der Waals surface area contributed by atoms with E-state index in [0.29, 0.717) is 12.3 Å². The van der Waals surface area contributed by atoms with Crippen LogP contribution in [0.4, 0.5) is 0 Å². The summed E-state index contributed by atoms with van der Waals surface area (Å²) in [6.07, 6.45) is 5.29. The van der Waals surface area contributed by atoms with E-state index in [-0.39, 0.29) is 17.7 Å². The van der Waals surface area contributed by atoms with Gasteiger partial charge in [0, 0.05) is 19.0 Å². The number of nitrogens with one attached hydrogen (secondary N) is 1. The van der Waals surface area contributed by atoms with E-state index in [4.69, 9.17) is 5.21 Å². The molecule has 5 nitrogen and oxygen atoms in total. The largest absolute Gasteiger partial charge is 0.342 e. The van der Waals surface area contributed by atoms with Crippen molar-refractivity contribution in [1.82, 2.24) is 10.4 Å². The van der Waals surface area contributed by atoms with Gasteiger partial charge in [-0.1, -0.05) is 43.2 Å². The molecular formula is C19H26N2O3. The van der Waals surface area contributed by atoms with Gasteiger partial charge in [-0.05, 0) is 37.2 Å². The molecule has 1 aliphatic heterocycles. The van der Waals surface area contributed by atoms with Crippen LogP contribution in [0.15, 0.2) is 30.3 Å². The van der Waals surface area contributed by atoms with Gasteiger partial charge in [0.25, 0.3) is 0 Å². The van der Waals surface area contributed by atoms with E-state index < -0.39 is 5.91 Å². The molecule has 3 rings (SSSR count). The van der Waals surface area contributed by atoms with Crippen LogP contribution in [0.25, 0.3) is 0 Å². The Hall–Kier alpha value is -1.88. The third-order valence-corrected chi connectivity index (χ3v) is 5.61. The summed E-state index contributed by atoms with van der Waals surface area (Å²) in [7, 11) is 0. The van der Waals surface area contributed by atoms with E-state index in [1.165, 1.54) is 5.56 Å². The fourth-order valence-electron chi connectivity index (χ4n) is 4.22. The summed E-state index contributed by atoms with van der Waals surface area (Å²) in [6, 6.07) is 10.5. The summed E-state index contributed by atoms with van der Waals surface area (Å²) in [6.45, 7) is 1.50. The normalized spacial score (nSPS) is 25.3. The molecule has 0 unspecified atom stereocenters. The first kappa shape index (κ1) is 17.0. The Balaban J connectivity index is 1.61. The molecule has 1 aliphatic carbocycles. The molecule has 1 saturated heterocycles. The molecule has 1 aromatic carbocycles. The zero-order valence-corrected chi connectivity index (χ0v) is 14.0. The Morgan fingerprint density at radius 2 is 1.58 bits per heavy atom. The summed E-state index contributed by atoms with van der Waals surface area (Å²) in [5.41, 5.74) is 3.09. The van der Waals surface area contributed by atoms with Crippen LogP contribution < -0.4 is 5.48 Å². The lowest BCUT2D eigenvalue weighted by atomic mass is 9.77. The third kappa shape index (κ3) is 3.61. The van der Waals surface area contributed by atoms with Crippen molar-refractivity contribution in [2.75, 3.05) is 13.1 Å². The Kier molecular flexibility index (Phi) is 5.51. The van der Waals surface area contributed by atoms with Crippen LogP contribution in [0.1, 0.15) is 50.0 Å². The number of piperidine rings is 1. The molecule has 0 aromatic heterocycles. The maximum absolute atomic E-state index is 12.9. The highest BCUT2D eigenvalue weighted by atomic mass is 16.5. The summed E-state index contributed by atoms with van der Waals surface area (Å²) in [5, 5.41) is 8.93. The molecule has 1 aromatic rings. The van der Waals surface area contributed by atoms with E-state index in [9.17, 15) is 9.59 Å². The van der Waals surface area contributed by atoms with Crippen LogP contribution >= 0.6 is 0 Å². The second kappa shape index (κ2) is 7.79. The van der Waals surface area contributed by atoms with E-state index in [2.05, 4.69) is 24.3 Å². The number of likely N-dealkylation sites (tertiary alicyclic amines) is 1. The Morgan fingerprint density at radius 3 is 2.21 bits per heavy atom. The minimum Gasteiger partial charge on any atom is -0.342 e. The Morgan fingerprint density at radius 1 is 0.958 bits per heavy atom. The summed E-state index contributed by atoms with van der Waals surface area (Å²) >= 11 is 0. The first-order chi connectivity index (χ1) is 11.7. The highest BCUT2D eigenvalue weighted by Gasteiger charge is 2.38. The zero-order chi connectivity index (χ0) is 16.9. The average molecular weight is 330 g/mol. The molecule has 130 valence electrons. The van der Waals surface area contributed by atoms with Crippen LogP contribution in [0.5, 0.6) is 0 Å². The number of hydrogen-bond donors (Lipinski definition) is 2. The second-order valence-electron chi connectivity index (χ2n) is 6.98. The van der Waals surface area contributed by atoms with Crippen molar-refractivity contribution in [3.05, 3.63) is 35.9 Å². The van der Waals surface area contributed by atoms with Crippen LogP contribution in [-0.4, -0.2) is 35.0 Å². The van der Waals surface area contributed by atoms with Gasteiger partial charge in [-0.15, -0.1) is 0 Å². The fourth-order valence-corrected chi connectivity index (χ4v) is 4.22. The first-order valence-electron chi connectivity index (χ1n) is 8.98. The van der Waals surface area contributed by atoms with Crippen molar-refractivity contribution in [3.8, 4) is 0 Å². The van der Waals surface area contributed by atoms with Gasteiger partial charge < -0.3 is 4.90 Å². The SMILES string of the molecule is O=C(NO)[C@H]1CCCC[C@@H]1C(=O)N1CCC(c2ccccc2)CC1. The average Bonchev–Trinajstić information content (AvgIpc) is 2.67. The van der Waals surface area contributed by atoms with Crippen molar-refractivity contribution in [3.63, 3.8) is 0 Å². The minimum atomic E-state index is -0.410. The molecule has 24 heavy (non-hydrogen) atoms. The third-order valence-electron chi connectivity index (χ3n) is 5.61. The molecule has 5 heteroatoms. The lowest BCUT2D eigenvalue weighted by molar-refractivity contribution is -0.147. The summed E-state index contributed by atoms with van der Waals surface area (Å²) in [5.74, 6) is -0.470. The van der Waals surface area contributed by atoms with Crippen molar-refractivity contribution in [2.24, 2.45) is 11.8 Å². The van der Waals surface area contributed by atoms with Gasteiger partial charge in [-0.2, -0.15) is 0 Å². The van der Waals surface area contributed by atoms with Gasteiger partial charge in [0.05, 0.1) is 5.92 Å². The first-order valence-corrected chi connectivity index (χ1v) is 8.98. The van der Waals surface area contributed by atoms with Gasteiger partial charge in [0.1, 0.15) is 0 Å². The molecule has 1 saturated carbocycles. The Bertz CT molecular complexity index is 567. The smallest absolute Gasteiger partial charge is 0.247 e. The molecule has 2 N–H and O–H groups in total. The molecule has 2 amide bonds. The standard InChI is InChI=1S/C19H26N2O3/c22-18(20-24)16-8-4-5-9-17(16)19(23)21-12-10-15(11-13-21)14-6-2-1-3-7-14/h1-3,6-7,15-17,24H,4-5,8-13H2,(H,20,22)/t16-,17-/m0/s1. The topological polar surface area (TPSA) is 69.6 Å². The van der Waals surface area contributed by atoms with Crippen LogP contribution in [0.2, 0.25) is 0 Å². The van der Waals surface area contributed by atoms with Crippen molar-refractivity contribution in [1.29, 1.82) is 0 Å². The number of rotatable bonds is 3. The van der Waals surface area contributed by atoms with E-state index in [1.807, 2.05) is 11.0 Å². The van der Waals surface area contributed by atoms with Crippen LogP contribution in [-0.2, 0) is 9.59 Å². The van der Waals surface area contributed by atoms with Crippen molar-refractivity contribution < 1.29 is 14.8 Å². The molecule has 2 aliphatic rings. The fraction of sp³-hybridized carbons (Fsp3) is 0.579. The van der Waals surface area contributed by atoms with E-state index in [1.54, 1.807) is 5.48 Å². The van der Waals surface area contributed by atoms with Crippen LogP contribution in [0.3, 0.4) is 0 Å². The van der Waals surface area contributed by atoms with Gasteiger partial charge in [0.2, 0.25) is 11.8 Å². The number of hydrogen-bond acceptors (Lipinski definition) is 3. The molecule has 0 bridgehead atoms. The zero-order valence-electron chi connectivity index (χ0n) is 14.0. The van der Waals surface area contributed by atoms with Gasteiger partial charge in [0.15, 0.2) is 0 Å². The summed E-state index contributed by atoms with van der Waals surface area (Å²) in [4.78, 5) is 26.7. The predicted octanol–water partition coefficient (Wildman–Crippen LogP) is 2.70. The number of carbonyl (C=O) groups is 2. The molecule has 0 spiro atoms. The van der Waals surface area contributed by atoms with Crippen molar-refractivity contribution in [2.45, 2.75) is 44.4 Å². The highest BCUT2D eigenvalue weighted by Crippen LogP contribution is 2.34. The number of amides is 2. The number of nitrogens with zero attached hydrogens (tertiary/aromatic N) is 1. The number of benzene rings is 1. The lowest BCUT2D eigenvalue weighted by Gasteiger charge is -2.37. The minimum absolute atomic E-state index is 0.0924. The quantitative estimate of drug-likeness (QED) is 0.661. The maximum Gasteiger partial charge on any atom is 0.247 e. The number of hydroxylamine groups is 1. The molecular weight excluding hydrogens is 304 g/mol. The van der Waals surface area contributed by atoms with Gasteiger partial charge >= 0.3 is 0 Å². The predicted molar refractivity (Wildman–Crippen MR) is 90.4 cm³/mol. The van der Waals surface area contributed by atoms with Crippen LogP contribution in [0, 0.1) is 11.8 Å². The molecule has 0 radical (unpaired) electrons. The summed E-state index contributed by atoms with van der Waals surface area (Å²) < 4.78 is 0. The maximum atomic E-state index is 12.9. The molecule has 1 heterocycles. The second-order valence-corrected chi connectivity index (χ2v) is 6.98. The van der Waals surface area contributed by atoms with E-state index in [0.717, 1.165) is 45.2 Å². The van der Waals surface area contributed by atoms with Gasteiger partial charge in [-0.3, -0.25) is 14.8 Å². The Labute approximate surface area is 143 Å². The van der Waals surface area contributed by atoms with Gasteiger partial charge in [-0.25, -0.2) is 5.48 Å². The molecule has 2 atom stereocenters. The monoisotopic (exact) mass is 330 g/mol. The lowest BCUT2D eigenvalue weighted by Crippen LogP contribution is -2.47. The number of carbonyl (C=O) groups excluding carboxylic acids is 2. The van der Waals surface area contributed by atoms with E-state index >= 15 is 0 Å². The highest BCUT2D eigenvalue weighted by molar-refractivity contribution is 5.87. The van der Waals surface area contributed by atoms with Crippen molar-refractivity contribution >= 4 is 11.8 Å². The molecule has 2 fully saturated rings.